The van der Waals surface area contributed by atoms with E-state index < -0.39 is 0 Å². The van der Waals surface area contributed by atoms with E-state index in [0.717, 1.165) is 37.9 Å². The van der Waals surface area contributed by atoms with Gasteiger partial charge < -0.3 is 9.80 Å². The summed E-state index contributed by atoms with van der Waals surface area (Å²) in [4.78, 5) is 25.2. The van der Waals surface area contributed by atoms with Crippen molar-refractivity contribution in [2.45, 2.75) is 32.6 Å². The smallest absolute Gasteiger partial charge is 0.227 e. The van der Waals surface area contributed by atoms with E-state index in [9.17, 15) is 4.79 Å². The lowest BCUT2D eigenvalue weighted by Gasteiger charge is -2.22. The second-order valence-corrected chi connectivity index (χ2v) is 5.35. The maximum Gasteiger partial charge on any atom is 0.227 e. The molecule has 1 aromatic heterocycles. The highest BCUT2D eigenvalue weighted by Gasteiger charge is 2.23. The van der Waals surface area contributed by atoms with Crippen molar-refractivity contribution < 1.29 is 4.79 Å². The molecule has 2 aliphatic heterocycles. The second kappa shape index (κ2) is 5.15. The van der Waals surface area contributed by atoms with Crippen molar-refractivity contribution in [2.24, 2.45) is 0 Å². The van der Waals surface area contributed by atoms with Gasteiger partial charge in [0.1, 0.15) is 5.82 Å². The van der Waals surface area contributed by atoms with Crippen LogP contribution < -0.4 is 9.80 Å². The number of aromatic nitrogens is 2. The van der Waals surface area contributed by atoms with Crippen LogP contribution >= 0.6 is 0 Å². The van der Waals surface area contributed by atoms with Crippen LogP contribution in [0.5, 0.6) is 0 Å². The van der Waals surface area contributed by atoms with Crippen molar-refractivity contribution in [3.05, 3.63) is 11.8 Å². The lowest BCUT2D eigenvalue weighted by atomic mass is 10.2. The number of hydrogen-bond donors (Lipinski definition) is 0. The predicted molar refractivity (Wildman–Crippen MR) is 74.9 cm³/mol. The highest BCUT2D eigenvalue weighted by molar-refractivity contribution is 5.98. The first-order valence-corrected chi connectivity index (χ1v) is 7.13. The Hall–Kier alpha value is -1.65. The highest BCUT2D eigenvalue weighted by atomic mass is 16.1. The Labute approximate surface area is 113 Å². The van der Waals surface area contributed by atoms with Gasteiger partial charge in [0.2, 0.25) is 5.95 Å². The van der Waals surface area contributed by atoms with Gasteiger partial charge in [-0.1, -0.05) is 0 Å². The van der Waals surface area contributed by atoms with Gasteiger partial charge in [-0.3, -0.25) is 4.79 Å². The largest absolute Gasteiger partial charge is 0.356 e. The molecule has 5 heteroatoms. The fourth-order valence-corrected chi connectivity index (χ4v) is 2.85. The van der Waals surface area contributed by atoms with Crippen LogP contribution in [0.1, 0.15) is 43.0 Å². The van der Waals surface area contributed by atoms with Crippen LogP contribution in [-0.2, 0) is 0 Å². The Balaban J connectivity index is 1.96. The number of nitrogens with zero attached hydrogens (tertiary/aromatic N) is 4. The molecule has 0 N–H and O–H groups in total. The van der Waals surface area contributed by atoms with Gasteiger partial charge >= 0.3 is 0 Å². The van der Waals surface area contributed by atoms with E-state index in [4.69, 9.17) is 0 Å². The van der Waals surface area contributed by atoms with Gasteiger partial charge in [-0.15, -0.1) is 0 Å². The molecule has 0 unspecified atom stereocenters. The molecule has 19 heavy (non-hydrogen) atoms. The van der Waals surface area contributed by atoms with Crippen LogP contribution in [0.3, 0.4) is 0 Å². The SMILES string of the molecule is CC(=O)c1cnc(N2CCCC2)nc1N1CCCC1. The van der Waals surface area contributed by atoms with E-state index in [1.54, 1.807) is 13.1 Å². The van der Waals surface area contributed by atoms with E-state index in [0.29, 0.717) is 5.56 Å². The van der Waals surface area contributed by atoms with Gasteiger partial charge in [0, 0.05) is 32.4 Å². The zero-order valence-corrected chi connectivity index (χ0v) is 11.4. The molecule has 0 saturated carbocycles. The maximum absolute atomic E-state index is 11.7. The maximum atomic E-state index is 11.7. The Kier molecular flexibility index (Phi) is 3.36. The van der Waals surface area contributed by atoms with Crippen LogP contribution in [0.4, 0.5) is 11.8 Å². The van der Waals surface area contributed by atoms with Gasteiger partial charge in [0.25, 0.3) is 0 Å². The fraction of sp³-hybridized carbons (Fsp3) is 0.643. The molecular weight excluding hydrogens is 240 g/mol. The average molecular weight is 260 g/mol. The summed E-state index contributed by atoms with van der Waals surface area (Å²) < 4.78 is 0. The molecule has 1 aromatic rings. The molecule has 0 spiro atoms. The first kappa shape index (κ1) is 12.4. The van der Waals surface area contributed by atoms with Crippen molar-refractivity contribution in [2.75, 3.05) is 36.0 Å². The van der Waals surface area contributed by atoms with Gasteiger partial charge in [-0.05, 0) is 32.6 Å². The van der Waals surface area contributed by atoms with E-state index in [1.807, 2.05) is 0 Å². The zero-order valence-electron chi connectivity index (χ0n) is 11.4. The third kappa shape index (κ3) is 2.41. The van der Waals surface area contributed by atoms with Crippen molar-refractivity contribution in [1.29, 1.82) is 0 Å². The summed E-state index contributed by atoms with van der Waals surface area (Å²) >= 11 is 0. The summed E-state index contributed by atoms with van der Waals surface area (Å²) in [5.74, 6) is 1.67. The lowest BCUT2D eigenvalue weighted by Crippen LogP contribution is -2.26. The Morgan fingerprint density at radius 2 is 1.63 bits per heavy atom. The molecular formula is C14H20N4O. The molecule has 3 rings (SSSR count). The van der Waals surface area contributed by atoms with Crippen molar-refractivity contribution in [1.82, 2.24) is 9.97 Å². The molecule has 5 nitrogen and oxygen atoms in total. The first-order valence-electron chi connectivity index (χ1n) is 7.13. The summed E-state index contributed by atoms with van der Waals surface area (Å²) in [6, 6.07) is 0. The zero-order chi connectivity index (χ0) is 13.2. The van der Waals surface area contributed by atoms with Crippen LogP contribution in [0.25, 0.3) is 0 Å². The molecule has 2 aliphatic rings. The van der Waals surface area contributed by atoms with Gasteiger partial charge in [0.15, 0.2) is 5.78 Å². The van der Waals surface area contributed by atoms with Crippen molar-refractivity contribution in [3.63, 3.8) is 0 Å². The normalized spacial score (nSPS) is 19.2. The Morgan fingerprint density at radius 3 is 2.21 bits per heavy atom. The summed E-state index contributed by atoms with van der Waals surface area (Å²) in [5.41, 5.74) is 0.657. The first-order chi connectivity index (χ1) is 9.25. The van der Waals surface area contributed by atoms with Gasteiger partial charge in [-0.2, -0.15) is 4.98 Å². The molecule has 0 aliphatic carbocycles. The molecule has 0 aromatic carbocycles. The number of ketones is 1. The number of hydrogen-bond acceptors (Lipinski definition) is 5. The summed E-state index contributed by atoms with van der Waals surface area (Å²) in [5, 5.41) is 0. The summed E-state index contributed by atoms with van der Waals surface area (Å²) in [6.45, 7) is 5.64. The van der Waals surface area contributed by atoms with Crippen LogP contribution in [0.15, 0.2) is 6.20 Å². The number of carbonyl (C=O) groups is 1. The number of rotatable bonds is 3. The molecule has 0 bridgehead atoms. The topological polar surface area (TPSA) is 49.3 Å². The average Bonchev–Trinajstić information content (AvgIpc) is 3.11. The molecule has 2 saturated heterocycles. The lowest BCUT2D eigenvalue weighted by molar-refractivity contribution is 0.101. The van der Waals surface area contributed by atoms with Crippen LogP contribution in [0, 0.1) is 0 Å². The molecule has 0 radical (unpaired) electrons. The minimum absolute atomic E-state index is 0.0508. The number of carbonyl (C=O) groups excluding carboxylic acids is 1. The molecule has 2 fully saturated rings. The Bertz CT molecular complexity index is 476. The van der Waals surface area contributed by atoms with Gasteiger partial charge in [0.05, 0.1) is 5.56 Å². The fourth-order valence-electron chi connectivity index (χ4n) is 2.85. The van der Waals surface area contributed by atoms with Crippen LogP contribution in [-0.4, -0.2) is 41.9 Å². The number of Topliss-reactive ketones (excluding diaryl/α,β-unsaturated/α-hetero) is 1. The molecule has 102 valence electrons. The quantitative estimate of drug-likeness (QED) is 0.777. The molecule has 0 atom stereocenters. The number of anilines is 2. The second-order valence-electron chi connectivity index (χ2n) is 5.35. The Morgan fingerprint density at radius 1 is 1.05 bits per heavy atom. The minimum atomic E-state index is 0.0508. The monoisotopic (exact) mass is 260 g/mol. The van der Waals surface area contributed by atoms with Gasteiger partial charge in [-0.25, -0.2) is 4.98 Å². The van der Waals surface area contributed by atoms with Crippen molar-refractivity contribution >= 4 is 17.5 Å². The summed E-state index contributed by atoms with van der Waals surface area (Å²) in [6.07, 6.45) is 6.48. The van der Waals surface area contributed by atoms with E-state index in [1.165, 1.54) is 25.7 Å². The summed E-state index contributed by atoms with van der Waals surface area (Å²) in [7, 11) is 0. The highest BCUT2D eigenvalue weighted by Crippen LogP contribution is 2.25. The van der Waals surface area contributed by atoms with Crippen LogP contribution in [0.2, 0.25) is 0 Å². The van der Waals surface area contributed by atoms with E-state index in [-0.39, 0.29) is 5.78 Å². The molecule has 0 amide bonds. The standard InChI is InChI=1S/C14H20N4O/c1-11(19)12-10-15-14(18-8-4-5-9-18)16-13(12)17-6-2-3-7-17/h10H,2-9H2,1H3. The third-order valence-electron chi connectivity index (χ3n) is 3.93. The minimum Gasteiger partial charge on any atom is -0.356 e. The molecule has 3 heterocycles. The van der Waals surface area contributed by atoms with E-state index in [2.05, 4.69) is 19.8 Å². The predicted octanol–water partition coefficient (Wildman–Crippen LogP) is 1.88. The third-order valence-corrected chi connectivity index (χ3v) is 3.93. The van der Waals surface area contributed by atoms with Crippen molar-refractivity contribution in [3.8, 4) is 0 Å². The van der Waals surface area contributed by atoms with E-state index >= 15 is 0 Å².